The Morgan fingerprint density at radius 2 is 2.42 bits per heavy atom. The summed E-state index contributed by atoms with van der Waals surface area (Å²) in [6.45, 7) is 2.21. The third kappa shape index (κ3) is 1.62. The summed E-state index contributed by atoms with van der Waals surface area (Å²) in [6.07, 6.45) is 0. The van der Waals surface area contributed by atoms with E-state index < -0.39 is 0 Å². The van der Waals surface area contributed by atoms with Gasteiger partial charge in [-0.2, -0.15) is 0 Å². The molecule has 2 rings (SSSR count). The molecule has 64 valence electrons. The van der Waals surface area contributed by atoms with Gasteiger partial charge in [0.05, 0.1) is 0 Å². The number of anilines is 1. The Hall–Kier alpha value is -0.150. The number of thioether (sulfide) groups is 1. The highest BCUT2D eigenvalue weighted by Crippen LogP contribution is 2.34. The molecule has 0 saturated heterocycles. The molecule has 1 N–H and O–H groups in total. The van der Waals surface area contributed by atoms with Crippen molar-refractivity contribution in [2.24, 2.45) is 0 Å². The number of rotatable bonds is 0. The van der Waals surface area contributed by atoms with E-state index in [2.05, 4.69) is 46.4 Å². The van der Waals surface area contributed by atoms with E-state index in [1.54, 1.807) is 0 Å². The quantitative estimate of drug-likeness (QED) is 0.751. The van der Waals surface area contributed by atoms with Crippen molar-refractivity contribution in [2.75, 3.05) is 11.1 Å². The van der Waals surface area contributed by atoms with Crippen LogP contribution in [-0.2, 0) is 0 Å². The molecule has 0 fully saturated rings. The van der Waals surface area contributed by atoms with Gasteiger partial charge in [-0.1, -0.05) is 15.9 Å². The van der Waals surface area contributed by atoms with E-state index in [-0.39, 0.29) is 0 Å². The van der Waals surface area contributed by atoms with Crippen LogP contribution in [0.25, 0.3) is 0 Å². The first kappa shape index (κ1) is 8.45. The molecule has 0 radical (unpaired) electrons. The Balaban J connectivity index is 2.37. The monoisotopic (exact) mass is 243 g/mol. The molecule has 1 unspecified atom stereocenters. The summed E-state index contributed by atoms with van der Waals surface area (Å²) >= 11 is 5.38. The Bertz CT molecular complexity index is 301. The molecule has 0 amide bonds. The molecule has 1 heterocycles. The largest absolute Gasteiger partial charge is 0.381 e. The van der Waals surface area contributed by atoms with Gasteiger partial charge in [0.25, 0.3) is 0 Å². The maximum absolute atomic E-state index is 3.46. The normalized spacial score (nSPS) is 21.3. The number of fused-ring (bicyclic) bond motifs is 1. The molecule has 1 aromatic rings. The van der Waals surface area contributed by atoms with E-state index >= 15 is 0 Å². The summed E-state index contributed by atoms with van der Waals surface area (Å²) in [7, 11) is 0. The van der Waals surface area contributed by atoms with E-state index in [0.29, 0.717) is 6.04 Å². The summed E-state index contributed by atoms with van der Waals surface area (Å²) in [5.74, 6) is 1.16. The van der Waals surface area contributed by atoms with Crippen molar-refractivity contribution >= 4 is 33.4 Å². The molecule has 0 bridgehead atoms. The molecule has 1 aromatic carbocycles. The van der Waals surface area contributed by atoms with E-state index in [9.17, 15) is 0 Å². The summed E-state index contributed by atoms with van der Waals surface area (Å²) in [5, 5.41) is 3.45. The summed E-state index contributed by atoms with van der Waals surface area (Å²) < 4.78 is 1.16. The molecule has 0 saturated carbocycles. The molecule has 3 heteroatoms. The number of hydrogen-bond donors (Lipinski definition) is 1. The van der Waals surface area contributed by atoms with Gasteiger partial charge in [0.15, 0.2) is 0 Å². The highest BCUT2D eigenvalue weighted by atomic mass is 79.9. The minimum absolute atomic E-state index is 0.587. The second kappa shape index (κ2) is 3.30. The Labute approximate surface area is 85.1 Å². The zero-order valence-electron chi connectivity index (χ0n) is 6.80. The molecule has 0 spiro atoms. The van der Waals surface area contributed by atoms with Gasteiger partial charge in [-0.3, -0.25) is 0 Å². The van der Waals surface area contributed by atoms with Crippen LogP contribution in [0.2, 0.25) is 0 Å². The van der Waals surface area contributed by atoms with E-state index in [4.69, 9.17) is 0 Å². The van der Waals surface area contributed by atoms with Crippen molar-refractivity contribution in [3.63, 3.8) is 0 Å². The van der Waals surface area contributed by atoms with Crippen molar-refractivity contribution in [3.05, 3.63) is 22.7 Å². The van der Waals surface area contributed by atoms with Gasteiger partial charge in [-0.25, -0.2) is 0 Å². The highest BCUT2D eigenvalue weighted by molar-refractivity contribution is 9.10. The highest BCUT2D eigenvalue weighted by Gasteiger charge is 2.13. The molecule has 0 aliphatic carbocycles. The number of benzene rings is 1. The fourth-order valence-electron chi connectivity index (χ4n) is 1.26. The van der Waals surface area contributed by atoms with Gasteiger partial charge in [-0.05, 0) is 25.1 Å². The summed E-state index contributed by atoms with van der Waals surface area (Å²) in [4.78, 5) is 1.35. The van der Waals surface area contributed by atoms with Crippen LogP contribution in [0.1, 0.15) is 6.92 Å². The first-order valence-corrected chi connectivity index (χ1v) is 5.72. The van der Waals surface area contributed by atoms with Crippen molar-refractivity contribution in [1.82, 2.24) is 0 Å². The second-order valence-electron chi connectivity index (χ2n) is 3.00. The Morgan fingerprint density at radius 1 is 1.58 bits per heavy atom. The third-order valence-electron chi connectivity index (χ3n) is 1.83. The lowest BCUT2D eigenvalue weighted by atomic mass is 10.3. The molecule has 0 aromatic heterocycles. The molecular weight excluding hydrogens is 234 g/mol. The van der Waals surface area contributed by atoms with Gasteiger partial charge in [0.1, 0.15) is 0 Å². The van der Waals surface area contributed by atoms with Crippen LogP contribution in [0.4, 0.5) is 5.69 Å². The van der Waals surface area contributed by atoms with Crippen molar-refractivity contribution in [1.29, 1.82) is 0 Å². The lowest BCUT2D eigenvalue weighted by Gasteiger charge is -2.23. The van der Waals surface area contributed by atoms with Gasteiger partial charge in [0.2, 0.25) is 0 Å². The summed E-state index contributed by atoms with van der Waals surface area (Å²) in [6, 6.07) is 6.95. The Kier molecular flexibility index (Phi) is 2.33. The standard InChI is InChI=1S/C9H10BrNS/c1-6-5-12-9-4-7(10)2-3-8(9)11-6/h2-4,6,11H,5H2,1H3. The topological polar surface area (TPSA) is 12.0 Å². The van der Waals surface area contributed by atoms with Crippen LogP contribution in [0.15, 0.2) is 27.6 Å². The zero-order valence-corrected chi connectivity index (χ0v) is 9.21. The minimum Gasteiger partial charge on any atom is -0.381 e. The smallest absolute Gasteiger partial charge is 0.0481 e. The first-order valence-electron chi connectivity index (χ1n) is 3.94. The fourth-order valence-corrected chi connectivity index (χ4v) is 2.78. The van der Waals surface area contributed by atoms with Crippen LogP contribution in [0, 0.1) is 0 Å². The van der Waals surface area contributed by atoms with Crippen molar-refractivity contribution in [3.8, 4) is 0 Å². The molecule has 1 nitrogen and oxygen atoms in total. The number of hydrogen-bond acceptors (Lipinski definition) is 2. The van der Waals surface area contributed by atoms with Gasteiger partial charge < -0.3 is 5.32 Å². The lowest BCUT2D eigenvalue weighted by molar-refractivity contribution is 0.894. The lowest BCUT2D eigenvalue weighted by Crippen LogP contribution is -2.21. The van der Waals surface area contributed by atoms with Crippen LogP contribution in [0.3, 0.4) is 0 Å². The molecular formula is C9H10BrNS. The molecule has 1 aliphatic heterocycles. The molecule has 12 heavy (non-hydrogen) atoms. The van der Waals surface area contributed by atoms with E-state index in [1.807, 2.05) is 11.8 Å². The molecule has 1 aliphatic rings. The average Bonchev–Trinajstić information content (AvgIpc) is 2.05. The maximum Gasteiger partial charge on any atom is 0.0481 e. The Morgan fingerprint density at radius 3 is 3.25 bits per heavy atom. The predicted molar refractivity (Wildman–Crippen MR) is 58.0 cm³/mol. The number of nitrogens with one attached hydrogen (secondary N) is 1. The van der Waals surface area contributed by atoms with Crippen molar-refractivity contribution in [2.45, 2.75) is 17.9 Å². The van der Waals surface area contributed by atoms with E-state index in [1.165, 1.54) is 10.6 Å². The first-order chi connectivity index (χ1) is 5.75. The van der Waals surface area contributed by atoms with Crippen LogP contribution in [-0.4, -0.2) is 11.8 Å². The third-order valence-corrected chi connectivity index (χ3v) is 3.64. The number of halogens is 1. The van der Waals surface area contributed by atoms with Crippen LogP contribution in [0.5, 0.6) is 0 Å². The van der Waals surface area contributed by atoms with Gasteiger partial charge >= 0.3 is 0 Å². The predicted octanol–water partition coefficient (Wildman–Crippen LogP) is 3.36. The summed E-state index contributed by atoms with van der Waals surface area (Å²) in [5.41, 5.74) is 1.27. The SMILES string of the molecule is CC1CSc2cc(Br)ccc2N1. The molecule has 1 atom stereocenters. The van der Waals surface area contributed by atoms with Crippen molar-refractivity contribution < 1.29 is 0 Å². The van der Waals surface area contributed by atoms with Crippen LogP contribution < -0.4 is 5.32 Å². The minimum atomic E-state index is 0.587. The second-order valence-corrected chi connectivity index (χ2v) is 4.97. The van der Waals surface area contributed by atoms with Gasteiger partial charge in [-0.15, -0.1) is 11.8 Å². The van der Waals surface area contributed by atoms with Crippen LogP contribution >= 0.6 is 27.7 Å². The van der Waals surface area contributed by atoms with E-state index in [0.717, 1.165) is 10.2 Å². The fraction of sp³-hybridized carbons (Fsp3) is 0.333. The maximum atomic E-state index is 3.46. The zero-order chi connectivity index (χ0) is 8.55. The average molecular weight is 244 g/mol. The van der Waals surface area contributed by atoms with Gasteiger partial charge in [0, 0.05) is 26.9 Å².